The van der Waals surface area contributed by atoms with E-state index >= 15 is 0 Å². The molecule has 2 amide bonds. The largest absolute Gasteiger partial charge is 0.488 e. The van der Waals surface area contributed by atoms with Gasteiger partial charge in [-0.05, 0) is 42.2 Å². The average Bonchev–Trinajstić information content (AvgIpc) is 2.72. The number of carbonyl (C=O) groups is 1. The van der Waals surface area contributed by atoms with Gasteiger partial charge in [0, 0.05) is 18.2 Å². The summed E-state index contributed by atoms with van der Waals surface area (Å²) in [5, 5.41) is 5.63. The maximum atomic E-state index is 13.7. The summed E-state index contributed by atoms with van der Waals surface area (Å²) < 4.78 is 32.5. The quantitative estimate of drug-likeness (QED) is 0.655. The molecule has 0 aliphatic carbocycles. The lowest BCUT2D eigenvalue weighted by atomic mass is 10.0. The summed E-state index contributed by atoms with van der Waals surface area (Å²) in [6.07, 6.45) is 0.306. The number of carbonyl (C=O) groups excluding carboxylic acids is 1. The third-order valence-corrected chi connectivity index (χ3v) is 5.08. The molecular weight excluding hydrogens is 386 g/mol. The summed E-state index contributed by atoms with van der Waals surface area (Å²) in [5.41, 5.74) is 4.78. The van der Waals surface area contributed by atoms with Crippen molar-refractivity contribution in [1.82, 2.24) is 10.6 Å². The van der Waals surface area contributed by atoms with E-state index in [1.165, 1.54) is 11.6 Å². The molecular formula is C24H22F2N2O2. The summed E-state index contributed by atoms with van der Waals surface area (Å²) in [5.74, 6) is -1.32. The minimum absolute atomic E-state index is 0.0581. The lowest BCUT2D eigenvalue weighted by Crippen LogP contribution is -2.47. The molecule has 0 radical (unpaired) electrons. The molecule has 0 saturated carbocycles. The number of amides is 2. The van der Waals surface area contributed by atoms with E-state index in [0.29, 0.717) is 18.5 Å². The summed E-state index contributed by atoms with van der Waals surface area (Å²) in [6, 6.07) is 17.6. The first-order chi connectivity index (χ1) is 14.5. The highest BCUT2D eigenvalue weighted by Gasteiger charge is 2.24. The van der Waals surface area contributed by atoms with Gasteiger partial charge >= 0.3 is 6.03 Å². The number of hydrogen-bond donors (Lipinski definition) is 2. The normalized spacial score (nSPS) is 15.1. The van der Waals surface area contributed by atoms with E-state index in [9.17, 15) is 13.6 Å². The molecule has 154 valence electrons. The standard InChI is InChI=1S/C24H22F2N2O2/c1-15-5-7-17(8-6-15)18-4-2-3-16(9-18)13-27-24(29)28-21-11-19-10-20(25)12-22(26)23(19)30-14-21/h2-10,12,21H,11,13-14H2,1H3,(H2,27,28,29). The van der Waals surface area contributed by atoms with Crippen molar-refractivity contribution in [1.29, 1.82) is 0 Å². The molecule has 30 heavy (non-hydrogen) atoms. The molecule has 0 saturated heterocycles. The Kier molecular flexibility index (Phi) is 5.65. The second-order valence-corrected chi connectivity index (χ2v) is 7.48. The molecule has 3 aromatic carbocycles. The summed E-state index contributed by atoms with van der Waals surface area (Å²) >= 11 is 0. The number of benzene rings is 3. The Labute approximate surface area is 173 Å². The van der Waals surface area contributed by atoms with Gasteiger partial charge in [-0.3, -0.25) is 0 Å². The molecule has 0 spiro atoms. The summed E-state index contributed by atoms with van der Waals surface area (Å²) in [4.78, 5) is 12.3. The van der Waals surface area contributed by atoms with Crippen molar-refractivity contribution in [2.45, 2.75) is 25.9 Å². The first-order valence-corrected chi connectivity index (χ1v) is 9.79. The van der Waals surface area contributed by atoms with E-state index < -0.39 is 11.6 Å². The molecule has 4 rings (SSSR count). The van der Waals surface area contributed by atoms with Gasteiger partial charge in [0.1, 0.15) is 12.4 Å². The first kappa shape index (κ1) is 19.9. The first-order valence-electron chi connectivity index (χ1n) is 9.79. The minimum Gasteiger partial charge on any atom is -0.488 e. The van der Waals surface area contributed by atoms with Crippen molar-refractivity contribution >= 4 is 6.03 Å². The van der Waals surface area contributed by atoms with Crippen molar-refractivity contribution in [3.05, 3.63) is 89.0 Å². The summed E-state index contributed by atoms with van der Waals surface area (Å²) in [6.45, 7) is 2.54. The molecule has 0 fully saturated rings. The zero-order valence-electron chi connectivity index (χ0n) is 16.5. The van der Waals surface area contributed by atoms with Crippen molar-refractivity contribution in [2.75, 3.05) is 6.61 Å². The maximum Gasteiger partial charge on any atom is 0.315 e. The van der Waals surface area contributed by atoms with Gasteiger partial charge in [0.2, 0.25) is 0 Å². The third-order valence-electron chi connectivity index (χ3n) is 5.08. The van der Waals surface area contributed by atoms with Crippen LogP contribution in [-0.2, 0) is 13.0 Å². The number of hydrogen-bond acceptors (Lipinski definition) is 2. The van der Waals surface area contributed by atoms with E-state index in [0.717, 1.165) is 22.8 Å². The number of nitrogens with one attached hydrogen (secondary N) is 2. The average molecular weight is 408 g/mol. The Morgan fingerprint density at radius 3 is 2.67 bits per heavy atom. The predicted octanol–water partition coefficient (Wildman–Crippen LogP) is 4.74. The van der Waals surface area contributed by atoms with E-state index in [2.05, 4.69) is 34.9 Å². The van der Waals surface area contributed by atoms with Gasteiger partial charge in [-0.15, -0.1) is 0 Å². The van der Waals surface area contributed by atoms with Gasteiger partial charge in [-0.2, -0.15) is 0 Å². The molecule has 1 aliphatic heterocycles. The highest BCUT2D eigenvalue weighted by atomic mass is 19.1. The SMILES string of the molecule is Cc1ccc(-c2cccc(CNC(=O)NC3COc4c(F)cc(F)cc4C3)c2)cc1. The van der Waals surface area contributed by atoms with Crippen molar-refractivity contribution in [3.63, 3.8) is 0 Å². The van der Waals surface area contributed by atoms with Gasteiger partial charge in [0.05, 0.1) is 6.04 Å². The Hall–Kier alpha value is -3.41. The number of aryl methyl sites for hydroxylation is 1. The van der Waals surface area contributed by atoms with Crippen LogP contribution in [0.5, 0.6) is 5.75 Å². The number of rotatable bonds is 4. The molecule has 3 aromatic rings. The molecule has 1 aliphatic rings. The van der Waals surface area contributed by atoms with E-state index in [1.54, 1.807) is 0 Å². The van der Waals surface area contributed by atoms with Crippen LogP contribution in [0.2, 0.25) is 0 Å². The molecule has 0 bridgehead atoms. The lowest BCUT2D eigenvalue weighted by molar-refractivity contribution is 0.209. The van der Waals surface area contributed by atoms with Crippen LogP contribution in [0, 0.1) is 18.6 Å². The van der Waals surface area contributed by atoms with Gasteiger partial charge in [-0.25, -0.2) is 13.6 Å². The Balaban J connectivity index is 1.34. The van der Waals surface area contributed by atoms with Crippen molar-refractivity contribution in [2.24, 2.45) is 0 Å². The minimum atomic E-state index is -0.721. The molecule has 4 nitrogen and oxygen atoms in total. The number of urea groups is 1. The second-order valence-electron chi connectivity index (χ2n) is 7.48. The fourth-order valence-corrected chi connectivity index (χ4v) is 3.55. The molecule has 0 aromatic heterocycles. The van der Waals surface area contributed by atoms with Crippen LogP contribution in [0.4, 0.5) is 13.6 Å². The fraction of sp³-hybridized carbons (Fsp3) is 0.208. The highest BCUT2D eigenvalue weighted by Crippen LogP contribution is 2.29. The molecule has 1 unspecified atom stereocenters. The van der Waals surface area contributed by atoms with E-state index in [1.807, 2.05) is 31.2 Å². The summed E-state index contributed by atoms with van der Waals surface area (Å²) in [7, 11) is 0. The van der Waals surface area contributed by atoms with Crippen LogP contribution in [0.1, 0.15) is 16.7 Å². The molecule has 2 N–H and O–H groups in total. The molecule has 1 heterocycles. The number of fused-ring (bicyclic) bond motifs is 1. The number of ether oxygens (including phenoxy) is 1. The van der Waals surface area contributed by atoms with Crippen LogP contribution in [-0.4, -0.2) is 18.7 Å². The van der Waals surface area contributed by atoms with E-state index in [-0.39, 0.29) is 24.4 Å². The Bertz CT molecular complexity index is 1070. The van der Waals surface area contributed by atoms with Gasteiger partial charge in [-0.1, -0.05) is 48.0 Å². The molecule has 6 heteroatoms. The zero-order valence-corrected chi connectivity index (χ0v) is 16.5. The predicted molar refractivity (Wildman–Crippen MR) is 111 cm³/mol. The van der Waals surface area contributed by atoms with Crippen LogP contribution in [0.25, 0.3) is 11.1 Å². The van der Waals surface area contributed by atoms with Crippen LogP contribution in [0.3, 0.4) is 0 Å². The smallest absolute Gasteiger partial charge is 0.315 e. The van der Waals surface area contributed by atoms with E-state index in [4.69, 9.17) is 4.74 Å². The van der Waals surface area contributed by atoms with Crippen molar-refractivity contribution in [3.8, 4) is 16.9 Å². The highest BCUT2D eigenvalue weighted by molar-refractivity contribution is 5.74. The fourth-order valence-electron chi connectivity index (χ4n) is 3.55. The van der Waals surface area contributed by atoms with Crippen LogP contribution < -0.4 is 15.4 Å². The second kappa shape index (κ2) is 8.53. The monoisotopic (exact) mass is 408 g/mol. The van der Waals surface area contributed by atoms with Crippen LogP contribution in [0.15, 0.2) is 60.7 Å². The van der Waals surface area contributed by atoms with Crippen molar-refractivity contribution < 1.29 is 18.3 Å². The van der Waals surface area contributed by atoms with Gasteiger partial charge in [0.15, 0.2) is 11.6 Å². The number of halogens is 2. The zero-order chi connectivity index (χ0) is 21.1. The third kappa shape index (κ3) is 4.59. The van der Waals surface area contributed by atoms with Gasteiger partial charge in [0.25, 0.3) is 0 Å². The van der Waals surface area contributed by atoms with Gasteiger partial charge < -0.3 is 15.4 Å². The topological polar surface area (TPSA) is 50.4 Å². The maximum absolute atomic E-state index is 13.7. The molecule has 1 atom stereocenters. The lowest BCUT2D eigenvalue weighted by Gasteiger charge is -2.26. The Morgan fingerprint density at radius 1 is 1.07 bits per heavy atom. The Morgan fingerprint density at radius 2 is 1.87 bits per heavy atom. The van der Waals surface area contributed by atoms with Crippen LogP contribution >= 0.6 is 0 Å².